The van der Waals surface area contributed by atoms with Crippen LogP contribution in [0.2, 0.25) is 0 Å². The van der Waals surface area contributed by atoms with Gasteiger partial charge in [0.2, 0.25) is 0 Å². The number of aliphatic hydroxyl groups excluding tert-OH is 1. The Hall–Kier alpha value is -2.08. The number of aromatic nitrogens is 1. The number of aromatic amines is 1. The number of hydrogen-bond donors (Lipinski definition) is 3. The van der Waals surface area contributed by atoms with E-state index in [4.69, 9.17) is 0 Å². The summed E-state index contributed by atoms with van der Waals surface area (Å²) in [5.41, 5.74) is 2.38. The molecule has 23 heavy (non-hydrogen) atoms. The quantitative estimate of drug-likeness (QED) is 0.814. The van der Waals surface area contributed by atoms with E-state index < -0.39 is 6.10 Å². The predicted molar refractivity (Wildman–Crippen MR) is 86.8 cm³/mol. The predicted octanol–water partition coefficient (Wildman–Crippen LogP) is 2.71. The molecule has 0 radical (unpaired) electrons. The van der Waals surface area contributed by atoms with E-state index >= 15 is 0 Å². The minimum absolute atomic E-state index is 0.118. The van der Waals surface area contributed by atoms with Gasteiger partial charge in [0, 0.05) is 29.7 Å². The molecule has 2 heterocycles. The van der Waals surface area contributed by atoms with Gasteiger partial charge >= 0.3 is 6.03 Å². The zero-order chi connectivity index (χ0) is 16.6. The maximum Gasteiger partial charge on any atom is 0.317 e. The number of β-amino-alcohol motifs (C(OH)–C–C–N with tert-alkyl or cyclic N) is 1. The van der Waals surface area contributed by atoms with Crippen molar-refractivity contribution in [3.63, 3.8) is 0 Å². The summed E-state index contributed by atoms with van der Waals surface area (Å²) in [6.45, 7) is 5.21. The third kappa shape index (κ3) is 3.32. The number of rotatable bonds is 3. The first-order valence-corrected chi connectivity index (χ1v) is 7.96. The average Bonchev–Trinajstić information content (AvgIpc) is 3.09. The molecular formula is C17H22FN3O2. The topological polar surface area (TPSA) is 68.4 Å². The van der Waals surface area contributed by atoms with Crippen LogP contribution in [-0.4, -0.2) is 40.2 Å². The van der Waals surface area contributed by atoms with Crippen LogP contribution in [0.25, 0.3) is 10.9 Å². The number of amides is 2. The number of carbonyl (C=O) groups excluding carboxylic acids is 1. The summed E-state index contributed by atoms with van der Waals surface area (Å²) in [6.07, 6.45) is 0.197. The van der Waals surface area contributed by atoms with Crippen molar-refractivity contribution in [3.8, 4) is 0 Å². The van der Waals surface area contributed by atoms with Gasteiger partial charge in [-0.2, -0.15) is 0 Å². The number of fused-ring (bicyclic) bond motifs is 1. The van der Waals surface area contributed by atoms with Crippen LogP contribution in [0.1, 0.15) is 37.4 Å². The number of likely N-dealkylation sites (tertiary alicyclic amines) is 1. The molecule has 0 spiro atoms. The fraction of sp³-hybridized carbons (Fsp3) is 0.471. The molecule has 3 N–H and O–H groups in total. The zero-order valence-electron chi connectivity index (χ0n) is 13.4. The van der Waals surface area contributed by atoms with E-state index in [1.165, 1.54) is 6.07 Å². The van der Waals surface area contributed by atoms with Crippen LogP contribution in [0.15, 0.2) is 18.2 Å². The lowest BCUT2D eigenvalue weighted by molar-refractivity contribution is 0.171. The molecule has 2 aromatic rings. The number of benzene rings is 1. The van der Waals surface area contributed by atoms with Gasteiger partial charge in [0.05, 0.1) is 12.6 Å². The fourth-order valence-electron chi connectivity index (χ4n) is 2.98. The Labute approximate surface area is 134 Å². The summed E-state index contributed by atoms with van der Waals surface area (Å²) in [6, 6.07) is 5.02. The summed E-state index contributed by atoms with van der Waals surface area (Å²) in [4.78, 5) is 16.8. The van der Waals surface area contributed by atoms with Gasteiger partial charge in [-0.3, -0.25) is 0 Å². The van der Waals surface area contributed by atoms with E-state index in [9.17, 15) is 14.3 Å². The molecule has 1 aliphatic rings. The third-order valence-corrected chi connectivity index (χ3v) is 4.30. The molecular weight excluding hydrogens is 297 g/mol. The fourth-order valence-corrected chi connectivity index (χ4v) is 2.98. The van der Waals surface area contributed by atoms with Gasteiger partial charge in [-0.15, -0.1) is 0 Å². The van der Waals surface area contributed by atoms with Gasteiger partial charge in [-0.05, 0) is 36.1 Å². The van der Waals surface area contributed by atoms with Crippen molar-refractivity contribution in [1.29, 1.82) is 0 Å². The maximum absolute atomic E-state index is 14.0. The van der Waals surface area contributed by atoms with E-state index in [2.05, 4.69) is 10.3 Å². The first-order valence-electron chi connectivity index (χ1n) is 7.96. The largest absolute Gasteiger partial charge is 0.391 e. The van der Waals surface area contributed by atoms with E-state index in [-0.39, 0.29) is 17.8 Å². The molecule has 1 saturated heterocycles. The Balaban J connectivity index is 1.70. The van der Waals surface area contributed by atoms with Crippen LogP contribution in [0.5, 0.6) is 0 Å². The van der Waals surface area contributed by atoms with Crippen molar-refractivity contribution >= 4 is 16.9 Å². The Morgan fingerprint density at radius 2 is 2.26 bits per heavy atom. The summed E-state index contributed by atoms with van der Waals surface area (Å²) < 4.78 is 14.0. The summed E-state index contributed by atoms with van der Waals surface area (Å²) in [5.74, 6) is -0.0828. The van der Waals surface area contributed by atoms with Crippen LogP contribution in [0.4, 0.5) is 9.18 Å². The number of urea groups is 1. The van der Waals surface area contributed by atoms with Gasteiger partial charge < -0.3 is 20.3 Å². The zero-order valence-corrected chi connectivity index (χ0v) is 13.4. The van der Waals surface area contributed by atoms with Gasteiger partial charge in [0.25, 0.3) is 0 Å². The van der Waals surface area contributed by atoms with Crippen molar-refractivity contribution in [2.45, 2.75) is 38.8 Å². The highest BCUT2D eigenvalue weighted by Crippen LogP contribution is 2.25. The van der Waals surface area contributed by atoms with E-state index in [0.717, 1.165) is 16.6 Å². The monoisotopic (exact) mass is 319 g/mol. The lowest BCUT2D eigenvalue weighted by atomic mass is 10.0. The first kappa shape index (κ1) is 15.8. The van der Waals surface area contributed by atoms with E-state index in [1.807, 2.05) is 26.0 Å². The van der Waals surface area contributed by atoms with Crippen molar-refractivity contribution < 1.29 is 14.3 Å². The molecule has 1 atom stereocenters. The standard InChI is InChI=1S/C17H22FN3O2/c1-10(2)14-7-16-11(6-15(14)18)5-12(20-16)8-19-17(23)21-4-3-13(22)9-21/h5-7,10,13,20,22H,3-4,8-9H2,1-2H3,(H,19,23). The SMILES string of the molecule is CC(C)c1cc2[nH]c(CNC(=O)N3CCC(O)C3)cc2cc1F. The van der Waals surface area contributed by atoms with E-state index in [0.29, 0.717) is 31.6 Å². The molecule has 1 fully saturated rings. The molecule has 0 aliphatic carbocycles. The van der Waals surface area contributed by atoms with Crippen molar-refractivity contribution in [1.82, 2.24) is 15.2 Å². The molecule has 1 aromatic heterocycles. The van der Waals surface area contributed by atoms with Crippen LogP contribution in [0.3, 0.4) is 0 Å². The molecule has 3 rings (SSSR count). The normalized spacial score (nSPS) is 18.1. The van der Waals surface area contributed by atoms with Gasteiger partial charge in [-0.25, -0.2) is 9.18 Å². The minimum Gasteiger partial charge on any atom is -0.391 e. The van der Waals surface area contributed by atoms with Crippen LogP contribution >= 0.6 is 0 Å². The number of carbonyl (C=O) groups is 1. The lowest BCUT2D eigenvalue weighted by Crippen LogP contribution is -2.38. The minimum atomic E-state index is -0.425. The van der Waals surface area contributed by atoms with Crippen LogP contribution < -0.4 is 5.32 Å². The molecule has 0 saturated carbocycles. The highest BCUT2D eigenvalue weighted by atomic mass is 19.1. The maximum atomic E-state index is 14.0. The number of aliphatic hydroxyl groups is 1. The van der Waals surface area contributed by atoms with E-state index in [1.54, 1.807) is 4.90 Å². The van der Waals surface area contributed by atoms with Crippen molar-refractivity contribution in [3.05, 3.63) is 35.3 Å². The number of hydrogen-bond acceptors (Lipinski definition) is 2. The highest BCUT2D eigenvalue weighted by Gasteiger charge is 2.24. The van der Waals surface area contributed by atoms with Crippen molar-refractivity contribution in [2.24, 2.45) is 0 Å². The van der Waals surface area contributed by atoms with Gasteiger partial charge in [0.1, 0.15) is 5.82 Å². The lowest BCUT2D eigenvalue weighted by Gasteiger charge is -2.15. The Morgan fingerprint density at radius 3 is 2.91 bits per heavy atom. The Kier molecular flexibility index (Phi) is 4.26. The first-order chi connectivity index (χ1) is 10.9. The number of nitrogens with one attached hydrogen (secondary N) is 2. The smallest absolute Gasteiger partial charge is 0.317 e. The second-order valence-corrected chi connectivity index (χ2v) is 6.46. The Morgan fingerprint density at radius 1 is 1.48 bits per heavy atom. The number of halogens is 1. The molecule has 5 nitrogen and oxygen atoms in total. The van der Waals surface area contributed by atoms with Crippen LogP contribution in [-0.2, 0) is 6.54 Å². The third-order valence-electron chi connectivity index (χ3n) is 4.30. The van der Waals surface area contributed by atoms with Crippen molar-refractivity contribution in [2.75, 3.05) is 13.1 Å². The number of H-pyrrole nitrogens is 1. The highest BCUT2D eigenvalue weighted by molar-refractivity contribution is 5.81. The average molecular weight is 319 g/mol. The second kappa shape index (κ2) is 6.20. The summed E-state index contributed by atoms with van der Waals surface area (Å²) in [7, 11) is 0. The molecule has 2 amide bonds. The molecule has 0 bridgehead atoms. The molecule has 1 aromatic carbocycles. The summed E-state index contributed by atoms with van der Waals surface area (Å²) in [5, 5.41) is 13.1. The summed E-state index contributed by atoms with van der Waals surface area (Å²) >= 11 is 0. The molecule has 1 aliphatic heterocycles. The Bertz CT molecular complexity index is 726. The molecule has 124 valence electrons. The second-order valence-electron chi connectivity index (χ2n) is 6.46. The van der Waals surface area contributed by atoms with Gasteiger partial charge in [0.15, 0.2) is 0 Å². The molecule has 1 unspecified atom stereocenters. The van der Waals surface area contributed by atoms with Gasteiger partial charge in [-0.1, -0.05) is 13.8 Å². The molecule has 6 heteroatoms. The number of nitrogens with zero attached hydrogens (tertiary/aromatic N) is 1. The van der Waals surface area contributed by atoms with Crippen LogP contribution in [0, 0.1) is 5.82 Å².